The van der Waals surface area contributed by atoms with Gasteiger partial charge in [0, 0.05) is 37.9 Å². The molecule has 1 aromatic rings. The van der Waals surface area contributed by atoms with Crippen molar-refractivity contribution in [3.8, 4) is 0 Å². The molecule has 0 aliphatic carbocycles. The van der Waals surface area contributed by atoms with E-state index in [-0.39, 0.29) is 11.9 Å². The first-order chi connectivity index (χ1) is 10.5. The predicted molar refractivity (Wildman–Crippen MR) is 85.1 cm³/mol. The maximum Gasteiger partial charge on any atom is 0.270 e. The van der Waals surface area contributed by atoms with Crippen LogP contribution in [-0.2, 0) is 4.74 Å². The summed E-state index contributed by atoms with van der Waals surface area (Å²) in [4.78, 5) is 23.0. The van der Waals surface area contributed by atoms with E-state index in [4.69, 9.17) is 4.74 Å². The molecule has 0 aromatic carbocycles. The highest BCUT2D eigenvalue weighted by Gasteiger charge is 2.12. The van der Waals surface area contributed by atoms with E-state index in [1.807, 2.05) is 20.8 Å². The molecule has 0 saturated carbocycles. The number of nitrogens with one attached hydrogen (secondary N) is 2. The number of carbonyl (C=O) groups excluding carboxylic acids is 1. The number of aromatic nitrogens is 2. The Hall–Kier alpha value is -1.73. The van der Waals surface area contributed by atoms with Gasteiger partial charge in [-0.25, -0.2) is 9.97 Å². The van der Waals surface area contributed by atoms with Gasteiger partial charge in [-0.05, 0) is 26.8 Å². The molecule has 1 aromatic heterocycles. The van der Waals surface area contributed by atoms with Gasteiger partial charge in [0.1, 0.15) is 5.69 Å². The minimum atomic E-state index is -0.170. The van der Waals surface area contributed by atoms with Crippen molar-refractivity contribution in [1.29, 1.82) is 0 Å². The number of aryl methyl sites for hydroxylation is 1. The van der Waals surface area contributed by atoms with Gasteiger partial charge in [0.25, 0.3) is 5.91 Å². The summed E-state index contributed by atoms with van der Waals surface area (Å²) in [6.45, 7) is 10.9. The number of morpholine rings is 1. The molecule has 2 N–H and O–H groups in total. The fourth-order valence-electron chi connectivity index (χ4n) is 2.25. The molecule has 7 heteroatoms. The molecule has 122 valence electrons. The lowest BCUT2D eigenvalue weighted by Crippen LogP contribution is -2.39. The zero-order valence-corrected chi connectivity index (χ0v) is 13.6. The van der Waals surface area contributed by atoms with Crippen LogP contribution in [0.1, 0.15) is 30.0 Å². The maximum atomic E-state index is 12.0. The standard InChI is InChI=1S/C15H25N5O2/c1-11(2)17-14(21)13-10-12(3)18-15(19-13)16-4-5-20-6-8-22-9-7-20/h10-11H,4-9H2,1-3H3,(H,17,21)(H,16,18,19). The molecule has 0 spiro atoms. The van der Waals surface area contributed by atoms with E-state index >= 15 is 0 Å². The van der Waals surface area contributed by atoms with Gasteiger partial charge in [0.15, 0.2) is 0 Å². The minimum absolute atomic E-state index is 0.0838. The van der Waals surface area contributed by atoms with E-state index in [2.05, 4.69) is 25.5 Å². The second-order valence-electron chi connectivity index (χ2n) is 5.73. The number of hydrogen-bond acceptors (Lipinski definition) is 6. The van der Waals surface area contributed by atoms with Gasteiger partial charge < -0.3 is 15.4 Å². The largest absolute Gasteiger partial charge is 0.379 e. The average Bonchev–Trinajstić information content (AvgIpc) is 2.47. The third-order valence-corrected chi connectivity index (χ3v) is 3.32. The average molecular weight is 307 g/mol. The third-order valence-electron chi connectivity index (χ3n) is 3.32. The number of ether oxygens (including phenoxy) is 1. The molecular weight excluding hydrogens is 282 g/mol. The molecule has 22 heavy (non-hydrogen) atoms. The number of amides is 1. The molecule has 0 unspecified atom stereocenters. The Morgan fingerprint density at radius 1 is 1.36 bits per heavy atom. The molecule has 2 rings (SSSR count). The van der Waals surface area contributed by atoms with Gasteiger partial charge >= 0.3 is 0 Å². The highest BCUT2D eigenvalue weighted by atomic mass is 16.5. The maximum absolute atomic E-state index is 12.0. The molecule has 1 fully saturated rings. The molecule has 0 radical (unpaired) electrons. The normalized spacial score (nSPS) is 15.8. The first-order valence-corrected chi connectivity index (χ1v) is 7.75. The van der Waals surface area contributed by atoms with E-state index in [1.165, 1.54) is 0 Å². The van der Waals surface area contributed by atoms with Crippen molar-refractivity contribution in [2.45, 2.75) is 26.8 Å². The molecule has 1 aliphatic rings. The second kappa shape index (κ2) is 8.05. The van der Waals surface area contributed by atoms with Gasteiger partial charge in [0.05, 0.1) is 13.2 Å². The zero-order valence-electron chi connectivity index (χ0n) is 13.6. The van der Waals surface area contributed by atoms with E-state index in [0.29, 0.717) is 11.6 Å². The summed E-state index contributed by atoms with van der Waals surface area (Å²) in [5, 5.41) is 6.04. The van der Waals surface area contributed by atoms with Gasteiger partial charge in [0.2, 0.25) is 5.95 Å². The van der Waals surface area contributed by atoms with E-state index in [9.17, 15) is 4.79 Å². The summed E-state index contributed by atoms with van der Waals surface area (Å²) >= 11 is 0. The van der Waals surface area contributed by atoms with Crippen LogP contribution >= 0.6 is 0 Å². The van der Waals surface area contributed by atoms with Crippen molar-refractivity contribution in [3.63, 3.8) is 0 Å². The van der Waals surface area contributed by atoms with Crippen molar-refractivity contribution in [1.82, 2.24) is 20.2 Å². The summed E-state index contributed by atoms with van der Waals surface area (Å²) in [6.07, 6.45) is 0. The van der Waals surface area contributed by atoms with E-state index in [0.717, 1.165) is 45.1 Å². The van der Waals surface area contributed by atoms with Gasteiger partial charge in [-0.15, -0.1) is 0 Å². The summed E-state index contributed by atoms with van der Waals surface area (Å²) in [6, 6.07) is 1.78. The highest BCUT2D eigenvalue weighted by molar-refractivity contribution is 5.92. The quantitative estimate of drug-likeness (QED) is 0.804. The highest BCUT2D eigenvalue weighted by Crippen LogP contribution is 2.05. The Balaban J connectivity index is 1.90. The van der Waals surface area contributed by atoms with Gasteiger partial charge in [-0.2, -0.15) is 0 Å². The molecule has 1 saturated heterocycles. The van der Waals surface area contributed by atoms with Gasteiger partial charge in [-0.3, -0.25) is 9.69 Å². The summed E-state index contributed by atoms with van der Waals surface area (Å²) < 4.78 is 5.32. The Morgan fingerprint density at radius 2 is 2.09 bits per heavy atom. The lowest BCUT2D eigenvalue weighted by molar-refractivity contribution is 0.0398. The number of rotatable bonds is 6. The Labute approximate surface area is 131 Å². The third kappa shape index (κ3) is 5.23. The monoisotopic (exact) mass is 307 g/mol. The van der Waals surface area contributed by atoms with E-state index in [1.54, 1.807) is 6.07 Å². The summed E-state index contributed by atoms with van der Waals surface area (Å²) in [5.74, 6) is 0.332. The first-order valence-electron chi connectivity index (χ1n) is 7.75. The van der Waals surface area contributed by atoms with E-state index < -0.39 is 0 Å². The van der Waals surface area contributed by atoms with Crippen molar-refractivity contribution in [2.75, 3.05) is 44.7 Å². The van der Waals surface area contributed by atoms with Crippen LogP contribution < -0.4 is 10.6 Å². The van der Waals surface area contributed by atoms with Crippen LogP contribution in [0.2, 0.25) is 0 Å². The van der Waals surface area contributed by atoms with Crippen molar-refractivity contribution >= 4 is 11.9 Å². The van der Waals surface area contributed by atoms with Crippen LogP contribution in [0.5, 0.6) is 0 Å². The smallest absolute Gasteiger partial charge is 0.270 e. The number of carbonyl (C=O) groups is 1. The number of hydrogen-bond donors (Lipinski definition) is 2. The Bertz CT molecular complexity index is 501. The number of nitrogens with zero attached hydrogens (tertiary/aromatic N) is 3. The zero-order chi connectivity index (χ0) is 15.9. The Morgan fingerprint density at radius 3 is 2.77 bits per heavy atom. The SMILES string of the molecule is Cc1cc(C(=O)NC(C)C)nc(NCCN2CCOCC2)n1. The summed E-state index contributed by atoms with van der Waals surface area (Å²) in [7, 11) is 0. The summed E-state index contributed by atoms with van der Waals surface area (Å²) in [5.41, 5.74) is 1.17. The van der Waals surface area contributed by atoms with Crippen LogP contribution in [0, 0.1) is 6.92 Å². The predicted octanol–water partition coefficient (Wildman–Crippen LogP) is 0.667. The lowest BCUT2D eigenvalue weighted by atomic mass is 10.3. The second-order valence-corrected chi connectivity index (χ2v) is 5.73. The number of anilines is 1. The fourth-order valence-corrected chi connectivity index (χ4v) is 2.25. The Kier molecular flexibility index (Phi) is 6.09. The topological polar surface area (TPSA) is 79.4 Å². The molecule has 0 atom stereocenters. The van der Waals surface area contributed by atoms with Crippen LogP contribution in [-0.4, -0.2) is 66.2 Å². The van der Waals surface area contributed by atoms with Gasteiger partial charge in [-0.1, -0.05) is 0 Å². The van der Waals surface area contributed by atoms with Crippen LogP contribution in [0.15, 0.2) is 6.07 Å². The molecular formula is C15H25N5O2. The molecule has 1 amide bonds. The van der Waals surface area contributed by atoms with Crippen molar-refractivity contribution in [3.05, 3.63) is 17.5 Å². The molecule has 0 bridgehead atoms. The van der Waals surface area contributed by atoms with Crippen molar-refractivity contribution < 1.29 is 9.53 Å². The van der Waals surface area contributed by atoms with Crippen LogP contribution in [0.3, 0.4) is 0 Å². The minimum Gasteiger partial charge on any atom is -0.379 e. The fraction of sp³-hybridized carbons (Fsp3) is 0.667. The first kappa shape index (κ1) is 16.6. The van der Waals surface area contributed by atoms with Crippen LogP contribution in [0.4, 0.5) is 5.95 Å². The van der Waals surface area contributed by atoms with Crippen LogP contribution in [0.25, 0.3) is 0 Å². The van der Waals surface area contributed by atoms with Crippen molar-refractivity contribution in [2.24, 2.45) is 0 Å². The lowest BCUT2D eigenvalue weighted by Gasteiger charge is -2.26. The molecule has 1 aliphatic heterocycles. The molecule has 2 heterocycles. The molecule has 7 nitrogen and oxygen atoms in total.